The highest BCUT2D eigenvalue weighted by Gasteiger charge is 2.20. The Morgan fingerprint density at radius 1 is 1.44 bits per heavy atom. The summed E-state index contributed by atoms with van der Waals surface area (Å²) in [6.45, 7) is 5.32. The lowest BCUT2D eigenvalue weighted by molar-refractivity contribution is -0.682. The highest BCUT2D eigenvalue weighted by molar-refractivity contribution is 6.31. The second-order valence-corrected chi connectivity index (χ2v) is 5.32. The Balaban J connectivity index is 1.89. The van der Waals surface area contributed by atoms with Crippen molar-refractivity contribution in [3.8, 4) is 0 Å². The number of nitrogens with zero attached hydrogens (tertiary/aromatic N) is 2. The highest BCUT2D eigenvalue weighted by atomic mass is 35.5. The predicted molar refractivity (Wildman–Crippen MR) is 72.1 cm³/mol. The molecule has 0 bridgehead atoms. The van der Waals surface area contributed by atoms with Gasteiger partial charge in [0.05, 0.1) is 19.1 Å². The second kappa shape index (κ2) is 4.78. The molecule has 1 aromatic heterocycles. The first kappa shape index (κ1) is 11.8. The maximum Gasteiger partial charge on any atom is 0.298 e. The molecule has 1 aliphatic rings. The first-order valence-electron chi connectivity index (χ1n) is 6.37. The summed E-state index contributed by atoms with van der Waals surface area (Å²) in [5.74, 6) is 0. The molecule has 96 valence electrons. The number of benzene rings is 1. The van der Waals surface area contributed by atoms with Gasteiger partial charge >= 0.3 is 0 Å². The van der Waals surface area contributed by atoms with Crippen LogP contribution in [0.3, 0.4) is 0 Å². The van der Waals surface area contributed by atoms with Crippen LogP contribution in [-0.4, -0.2) is 30.7 Å². The summed E-state index contributed by atoms with van der Waals surface area (Å²) in [5.41, 5.74) is 1.63. The van der Waals surface area contributed by atoms with Gasteiger partial charge in [0.2, 0.25) is 0 Å². The molecular weight excluding hydrogens is 250 g/mol. The number of rotatable bonds is 1. The number of quaternary nitrogens is 1. The zero-order chi connectivity index (χ0) is 12.5. The van der Waals surface area contributed by atoms with Gasteiger partial charge in [-0.2, -0.15) is 4.98 Å². The van der Waals surface area contributed by atoms with Gasteiger partial charge in [0.25, 0.3) is 6.01 Å². The van der Waals surface area contributed by atoms with Crippen LogP contribution in [0.5, 0.6) is 0 Å². The number of fused-ring (bicyclic) bond motifs is 1. The predicted octanol–water partition coefficient (Wildman–Crippen LogP) is 1.64. The van der Waals surface area contributed by atoms with Crippen LogP contribution in [0, 0.1) is 0 Å². The van der Waals surface area contributed by atoms with Crippen LogP contribution in [-0.2, 0) is 0 Å². The molecule has 0 radical (unpaired) electrons. The summed E-state index contributed by atoms with van der Waals surface area (Å²) < 4.78 is 5.80. The van der Waals surface area contributed by atoms with Gasteiger partial charge < -0.3 is 14.6 Å². The van der Waals surface area contributed by atoms with Crippen LogP contribution in [0.4, 0.5) is 6.01 Å². The lowest BCUT2D eigenvalue weighted by atomic mass is 10.2. The van der Waals surface area contributed by atoms with Gasteiger partial charge in [-0.15, -0.1) is 0 Å². The molecule has 2 heterocycles. The van der Waals surface area contributed by atoms with E-state index >= 15 is 0 Å². The Bertz CT molecular complexity index is 554. The number of anilines is 1. The minimum Gasteiger partial charge on any atom is -0.423 e. The first-order valence-corrected chi connectivity index (χ1v) is 6.74. The van der Waals surface area contributed by atoms with E-state index in [1.807, 2.05) is 18.2 Å². The van der Waals surface area contributed by atoms with Gasteiger partial charge in [-0.3, -0.25) is 0 Å². The Hall–Kier alpha value is -1.26. The van der Waals surface area contributed by atoms with Gasteiger partial charge in [-0.1, -0.05) is 11.6 Å². The van der Waals surface area contributed by atoms with Crippen molar-refractivity contribution in [1.82, 2.24) is 4.98 Å². The van der Waals surface area contributed by atoms with Crippen molar-refractivity contribution < 1.29 is 9.73 Å². The molecule has 2 aromatic rings. The van der Waals surface area contributed by atoms with Crippen molar-refractivity contribution >= 4 is 28.7 Å². The number of halogens is 1. The van der Waals surface area contributed by atoms with Crippen molar-refractivity contribution in [1.29, 1.82) is 0 Å². The molecule has 0 aliphatic carbocycles. The van der Waals surface area contributed by atoms with Crippen LogP contribution in [0.2, 0.25) is 5.02 Å². The van der Waals surface area contributed by atoms with E-state index in [1.165, 1.54) is 0 Å². The SMILES string of the molecule is C[C@@H]1CCN(c2nc3cc(Cl)ccc3o2)CC[NH2+]1. The van der Waals surface area contributed by atoms with Crippen LogP contribution in [0.15, 0.2) is 22.6 Å². The molecule has 0 spiro atoms. The topological polar surface area (TPSA) is 45.9 Å². The second-order valence-electron chi connectivity index (χ2n) is 4.89. The fraction of sp³-hybridized carbons (Fsp3) is 0.462. The lowest BCUT2D eigenvalue weighted by Gasteiger charge is -2.15. The van der Waals surface area contributed by atoms with Crippen molar-refractivity contribution in [3.05, 3.63) is 23.2 Å². The maximum atomic E-state index is 5.96. The van der Waals surface area contributed by atoms with E-state index < -0.39 is 0 Å². The van der Waals surface area contributed by atoms with Crippen molar-refractivity contribution in [2.75, 3.05) is 24.5 Å². The number of aromatic nitrogens is 1. The zero-order valence-electron chi connectivity index (χ0n) is 10.4. The zero-order valence-corrected chi connectivity index (χ0v) is 11.2. The maximum absolute atomic E-state index is 5.96. The molecule has 4 nitrogen and oxygen atoms in total. The Labute approximate surface area is 111 Å². The van der Waals surface area contributed by atoms with Crippen LogP contribution < -0.4 is 10.2 Å². The molecule has 18 heavy (non-hydrogen) atoms. The van der Waals surface area contributed by atoms with E-state index in [0.717, 1.165) is 43.2 Å². The summed E-state index contributed by atoms with van der Waals surface area (Å²) in [7, 11) is 0. The molecule has 1 aromatic carbocycles. The molecule has 0 amide bonds. The molecule has 3 rings (SSSR count). The van der Waals surface area contributed by atoms with Crippen molar-refractivity contribution in [2.45, 2.75) is 19.4 Å². The third kappa shape index (κ3) is 2.31. The largest absolute Gasteiger partial charge is 0.423 e. The third-order valence-corrected chi connectivity index (χ3v) is 3.67. The van der Waals surface area contributed by atoms with Gasteiger partial charge in [0, 0.05) is 18.0 Å². The van der Waals surface area contributed by atoms with Crippen LogP contribution in [0.25, 0.3) is 11.1 Å². The minimum absolute atomic E-state index is 0.675. The van der Waals surface area contributed by atoms with Crippen molar-refractivity contribution in [2.24, 2.45) is 0 Å². The first-order chi connectivity index (χ1) is 8.72. The summed E-state index contributed by atoms with van der Waals surface area (Å²) in [5, 5.41) is 3.07. The summed E-state index contributed by atoms with van der Waals surface area (Å²) in [4.78, 5) is 6.74. The number of nitrogens with two attached hydrogens (primary N) is 1. The standard InChI is InChI=1S/C13H16ClN3O/c1-9-4-6-17(7-5-15-9)13-16-11-8-10(14)2-3-12(11)18-13/h2-3,8-9,15H,4-7H2,1H3/p+1/t9-/m1/s1. The molecule has 1 atom stereocenters. The molecule has 0 saturated carbocycles. The molecule has 1 fully saturated rings. The van der Waals surface area contributed by atoms with E-state index in [2.05, 4.69) is 22.1 Å². The highest BCUT2D eigenvalue weighted by Crippen LogP contribution is 2.24. The fourth-order valence-electron chi connectivity index (χ4n) is 2.32. The number of hydrogen-bond acceptors (Lipinski definition) is 3. The molecule has 1 saturated heterocycles. The van der Waals surface area contributed by atoms with Crippen molar-refractivity contribution in [3.63, 3.8) is 0 Å². The Morgan fingerprint density at radius 3 is 3.22 bits per heavy atom. The smallest absolute Gasteiger partial charge is 0.298 e. The molecule has 0 unspecified atom stereocenters. The fourth-order valence-corrected chi connectivity index (χ4v) is 2.49. The van der Waals surface area contributed by atoms with E-state index in [1.54, 1.807) is 0 Å². The molecule has 1 aliphatic heterocycles. The van der Waals surface area contributed by atoms with E-state index in [9.17, 15) is 0 Å². The minimum atomic E-state index is 0.675. The summed E-state index contributed by atoms with van der Waals surface area (Å²) >= 11 is 5.96. The van der Waals surface area contributed by atoms with Crippen LogP contribution >= 0.6 is 11.6 Å². The van der Waals surface area contributed by atoms with E-state index in [0.29, 0.717) is 11.1 Å². The van der Waals surface area contributed by atoms with Gasteiger partial charge in [-0.25, -0.2) is 0 Å². The summed E-state index contributed by atoms with van der Waals surface area (Å²) in [6, 6.07) is 6.94. The van der Waals surface area contributed by atoms with Gasteiger partial charge in [0.15, 0.2) is 5.58 Å². The van der Waals surface area contributed by atoms with Gasteiger partial charge in [0.1, 0.15) is 5.52 Å². The number of hydrogen-bond donors (Lipinski definition) is 1. The molecular formula is C13H17ClN3O+. The lowest BCUT2D eigenvalue weighted by Crippen LogP contribution is -2.89. The Kier molecular flexibility index (Phi) is 3.14. The quantitative estimate of drug-likeness (QED) is 0.854. The monoisotopic (exact) mass is 266 g/mol. The molecule has 2 N–H and O–H groups in total. The summed E-state index contributed by atoms with van der Waals surface area (Å²) in [6.07, 6.45) is 1.15. The molecule has 5 heteroatoms. The third-order valence-electron chi connectivity index (χ3n) is 3.43. The van der Waals surface area contributed by atoms with E-state index in [4.69, 9.17) is 16.0 Å². The normalized spacial score (nSPS) is 21.2. The number of oxazole rings is 1. The van der Waals surface area contributed by atoms with E-state index in [-0.39, 0.29) is 0 Å². The Morgan fingerprint density at radius 2 is 2.33 bits per heavy atom. The average Bonchev–Trinajstić information content (AvgIpc) is 2.63. The van der Waals surface area contributed by atoms with Crippen LogP contribution in [0.1, 0.15) is 13.3 Å². The average molecular weight is 267 g/mol. The van der Waals surface area contributed by atoms with Gasteiger partial charge in [-0.05, 0) is 25.1 Å².